The second-order valence-electron chi connectivity index (χ2n) is 6.59. The summed E-state index contributed by atoms with van der Waals surface area (Å²) in [4.78, 5) is 11.4. The summed E-state index contributed by atoms with van der Waals surface area (Å²) in [6.07, 6.45) is 5.63. The Bertz CT molecular complexity index is 322. The van der Waals surface area contributed by atoms with Crippen LogP contribution >= 0.6 is 0 Å². The van der Waals surface area contributed by atoms with Crippen molar-refractivity contribution in [1.82, 2.24) is 0 Å². The molecule has 0 bridgehead atoms. The van der Waals surface area contributed by atoms with Gasteiger partial charge in [-0.1, -0.05) is 13.8 Å². The van der Waals surface area contributed by atoms with Crippen molar-refractivity contribution in [3.05, 3.63) is 0 Å². The van der Waals surface area contributed by atoms with E-state index in [0.29, 0.717) is 11.8 Å². The van der Waals surface area contributed by atoms with Crippen LogP contribution < -0.4 is 0 Å². The third-order valence-corrected chi connectivity index (χ3v) is 4.64. The van der Waals surface area contributed by atoms with Crippen molar-refractivity contribution in [2.24, 2.45) is 11.8 Å². The molecule has 0 radical (unpaired) electrons. The molecule has 2 atom stereocenters. The van der Waals surface area contributed by atoms with Gasteiger partial charge in [-0.25, -0.2) is 0 Å². The van der Waals surface area contributed by atoms with E-state index in [2.05, 4.69) is 13.8 Å². The summed E-state index contributed by atoms with van der Waals surface area (Å²) in [5.41, 5.74) is -0.287. The van der Waals surface area contributed by atoms with Crippen molar-refractivity contribution in [3.8, 4) is 0 Å². The summed E-state index contributed by atoms with van der Waals surface area (Å²) < 4.78 is 16.9. The smallest absolute Gasteiger partial charge is 0.303 e. The van der Waals surface area contributed by atoms with E-state index in [9.17, 15) is 4.79 Å². The maximum absolute atomic E-state index is 11.4. The normalized spacial score (nSPS) is 31.7. The monoisotopic (exact) mass is 284 g/mol. The average molecular weight is 284 g/mol. The minimum atomic E-state index is -0.287. The van der Waals surface area contributed by atoms with Crippen LogP contribution in [-0.2, 0) is 19.0 Å². The van der Waals surface area contributed by atoms with E-state index in [-0.39, 0.29) is 17.9 Å². The number of hydrogen-bond acceptors (Lipinski definition) is 4. The highest BCUT2D eigenvalue weighted by molar-refractivity contribution is 5.66. The van der Waals surface area contributed by atoms with Crippen molar-refractivity contribution >= 4 is 5.97 Å². The van der Waals surface area contributed by atoms with E-state index in [1.807, 2.05) is 0 Å². The molecule has 0 aromatic rings. The molecule has 1 saturated heterocycles. The first-order chi connectivity index (χ1) is 9.51. The summed E-state index contributed by atoms with van der Waals surface area (Å²) in [5.74, 6) is 1.14. The molecule has 0 unspecified atom stereocenters. The van der Waals surface area contributed by atoms with Gasteiger partial charge in [-0.05, 0) is 43.9 Å². The summed E-state index contributed by atoms with van der Waals surface area (Å²) in [6.45, 7) is 7.57. The number of ether oxygens (including phenoxy) is 3. The molecule has 20 heavy (non-hydrogen) atoms. The van der Waals surface area contributed by atoms with E-state index >= 15 is 0 Å². The molecule has 0 aromatic carbocycles. The lowest BCUT2D eigenvalue weighted by atomic mass is 9.89. The van der Waals surface area contributed by atoms with E-state index in [0.717, 1.165) is 51.7 Å². The minimum absolute atomic E-state index is 0.116. The Kier molecular flexibility index (Phi) is 5.44. The van der Waals surface area contributed by atoms with Gasteiger partial charge in [-0.3, -0.25) is 4.79 Å². The second-order valence-corrected chi connectivity index (χ2v) is 6.59. The fourth-order valence-electron chi connectivity index (χ4n) is 3.46. The molecule has 4 nitrogen and oxygen atoms in total. The number of carbonyl (C=O) groups is 1. The van der Waals surface area contributed by atoms with Crippen LogP contribution in [0.4, 0.5) is 0 Å². The standard InChI is InChI=1S/C16H28O4/c1-12(2)14-5-7-16(11-14,20-13(3)17)8-6-15-18-9-4-10-19-15/h12,14-15H,4-11H2,1-3H3/t14-,16+/m1/s1. The predicted octanol–water partition coefficient (Wildman–Crippen LogP) is 3.29. The quantitative estimate of drug-likeness (QED) is 0.727. The van der Waals surface area contributed by atoms with Crippen LogP contribution in [0.2, 0.25) is 0 Å². The molecule has 0 spiro atoms. The molecule has 1 aliphatic heterocycles. The van der Waals surface area contributed by atoms with Crippen molar-refractivity contribution in [1.29, 1.82) is 0 Å². The molecule has 2 fully saturated rings. The lowest BCUT2D eigenvalue weighted by Crippen LogP contribution is -2.35. The van der Waals surface area contributed by atoms with Gasteiger partial charge in [0.2, 0.25) is 0 Å². The van der Waals surface area contributed by atoms with Crippen LogP contribution in [0.25, 0.3) is 0 Å². The summed E-state index contributed by atoms with van der Waals surface area (Å²) >= 11 is 0. The van der Waals surface area contributed by atoms with Gasteiger partial charge in [0.05, 0.1) is 13.2 Å². The van der Waals surface area contributed by atoms with Gasteiger partial charge < -0.3 is 14.2 Å². The molecular weight excluding hydrogens is 256 g/mol. The topological polar surface area (TPSA) is 44.8 Å². The highest BCUT2D eigenvalue weighted by Crippen LogP contribution is 2.44. The zero-order valence-corrected chi connectivity index (χ0v) is 13.0. The Labute approximate surface area is 122 Å². The van der Waals surface area contributed by atoms with Crippen LogP contribution in [-0.4, -0.2) is 31.1 Å². The SMILES string of the molecule is CC(=O)O[C@]1(CCC2OCCCO2)CC[C@@H](C(C)C)C1. The van der Waals surface area contributed by atoms with Crippen molar-refractivity contribution < 1.29 is 19.0 Å². The Balaban J connectivity index is 1.91. The van der Waals surface area contributed by atoms with Crippen LogP contribution in [0.15, 0.2) is 0 Å². The van der Waals surface area contributed by atoms with Gasteiger partial charge in [0, 0.05) is 13.3 Å². The molecule has 0 amide bonds. The van der Waals surface area contributed by atoms with Crippen molar-refractivity contribution in [2.75, 3.05) is 13.2 Å². The van der Waals surface area contributed by atoms with Gasteiger partial charge in [-0.15, -0.1) is 0 Å². The first-order valence-corrected chi connectivity index (χ1v) is 7.93. The fraction of sp³-hybridized carbons (Fsp3) is 0.938. The molecule has 2 aliphatic rings. The van der Waals surface area contributed by atoms with Gasteiger partial charge in [0.25, 0.3) is 0 Å². The molecule has 1 saturated carbocycles. The molecule has 0 N–H and O–H groups in total. The van der Waals surface area contributed by atoms with Crippen molar-refractivity contribution in [3.63, 3.8) is 0 Å². The predicted molar refractivity (Wildman–Crippen MR) is 76.2 cm³/mol. The van der Waals surface area contributed by atoms with E-state index < -0.39 is 0 Å². The van der Waals surface area contributed by atoms with E-state index in [4.69, 9.17) is 14.2 Å². The van der Waals surface area contributed by atoms with Crippen LogP contribution in [0.1, 0.15) is 59.3 Å². The van der Waals surface area contributed by atoms with Crippen molar-refractivity contribution in [2.45, 2.75) is 71.2 Å². The Morgan fingerprint density at radius 2 is 2.05 bits per heavy atom. The minimum Gasteiger partial charge on any atom is -0.459 e. The second kappa shape index (κ2) is 6.90. The molecule has 1 aliphatic carbocycles. The summed E-state index contributed by atoms with van der Waals surface area (Å²) in [6, 6.07) is 0. The lowest BCUT2D eigenvalue weighted by molar-refractivity contribution is -0.190. The third kappa shape index (κ3) is 4.19. The maximum Gasteiger partial charge on any atom is 0.303 e. The largest absolute Gasteiger partial charge is 0.459 e. The highest BCUT2D eigenvalue weighted by atomic mass is 16.7. The molecule has 116 valence electrons. The number of esters is 1. The van der Waals surface area contributed by atoms with Gasteiger partial charge in [-0.2, -0.15) is 0 Å². The highest BCUT2D eigenvalue weighted by Gasteiger charge is 2.43. The number of carbonyl (C=O) groups excluding carboxylic acids is 1. The maximum atomic E-state index is 11.4. The van der Waals surface area contributed by atoms with E-state index in [1.165, 1.54) is 6.92 Å². The Morgan fingerprint density at radius 1 is 1.35 bits per heavy atom. The Hall–Kier alpha value is -0.610. The molecule has 4 heteroatoms. The Morgan fingerprint density at radius 3 is 2.60 bits per heavy atom. The van der Waals surface area contributed by atoms with Gasteiger partial charge in [0.1, 0.15) is 5.60 Å². The average Bonchev–Trinajstić information content (AvgIpc) is 2.82. The number of hydrogen-bond donors (Lipinski definition) is 0. The first-order valence-electron chi connectivity index (χ1n) is 7.93. The van der Waals surface area contributed by atoms with E-state index in [1.54, 1.807) is 0 Å². The van der Waals surface area contributed by atoms with Gasteiger partial charge in [0.15, 0.2) is 6.29 Å². The summed E-state index contributed by atoms with van der Waals surface area (Å²) in [7, 11) is 0. The molecule has 0 aromatic heterocycles. The van der Waals surface area contributed by atoms with Crippen LogP contribution in [0.3, 0.4) is 0 Å². The zero-order valence-electron chi connectivity index (χ0n) is 13.0. The van der Waals surface area contributed by atoms with Crippen LogP contribution in [0, 0.1) is 11.8 Å². The number of rotatable bonds is 5. The first kappa shape index (κ1) is 15.8. The van der Waals surface area contributed by atoms with Gasteiger partial charge >= 0.3 is 5.97 Å². The summed E-state index contributed by atoms with van der Waals surface area (Å²) in [5, 5.41) is 0. The molecule has 2 rings (SSSR count). The van der Waals surface area contributed by atoms with Crippen LogP contribution in [0.5, 0.6) is 0 Å². The zero-order chi connectivity index (χ0) is 14.6. The third-order valence-electron chi connectivity index (χ3n) is 4.64. The fourth-order valence-corrected chi connectivity index (χ4v) is 3.46. The molecular formula is C16H28O4. The lowest BCUT2D eigenvalue weighted by Gasteiger charge is -2.32. The molecule has 1 heterocycles.